The van der Waals surface area contributed by atoms with E-state index in [1.807, 2.05) is 6.92 Å². The lowest BCUT2D eigenvalue weighted by atomic mass is 10.0. The third-order valence-corrected chi connectivity index (χ3v) is 4.88. The monoisotopic (exact) mass is 436 g/mol. The number of hydrogen-bond donors (Lipinski definition) is 4. The number of carbonyl (C=O) groups is 1. The minimum Gasteiger partial charge on any atom is -0.356 e. The van der Waals surface area contributed by atoms with Crippen molar-refractivity contribution >= 4 is 11.9 Å². The molecule has 0 bridgehead atoms. The molecule has 3 heterocycles. The van der Waals surface area contributed by atoms with Crippen molar-refractivity contribution in [1.29, 1.82) is 0 Å². The first-order valence-corrected chi connectivity index (χ1v) is 10.0. The largest absolute Gasteiger partial charge is 0.419 e. The van der Waals surface area contributed by atoms with Gasteiger partial charge in [-0.3, -0.25) is 4.79 Å². The molecule has 7 nitrogen and oxygen atoms in total. The number of alkyl halides is 3. The highest BCUT2D eigenvalue weighted by molar-refractivity contribution is 5.96. The van der Waals surface area contributed by atoms with Gasteiger partial charge in [0.2, 0.25) is 5.95 Å². The number of rotatable bonds is 6. The summed E-state index contributed by atoms with van der Waals surface area (Å²) in [6, 6.07) is 0.0519. The Hall–Kier alpha value is -3.06. The molecule has 0 spiro atoms. The summed E-state index contributed by atoms with van der Waals surface area (Å²) in [4.78, 5) is 23.1. The smallest absolute Gasteiger partial charge is 0.356 e. The average Bonchev–Trinajstić information content (AvgIpc) is 3.14. The van der Waals surface area contributed by atoms with Gasteiger partial charge >= 0.3 is 6.18 Å². The van der Waals surface area contributed by atoms with Crippen molar-refractivity contribution in [3.8, 4) is 24.1 Å². The highest BCUT2D eigenvalue weighted by Crippen LogP contribution is 2.37. The maximum absolute atomic E-state index is 13.6. The van der Waals surface area contributed by atoms with E-state index in [2.05, 4.69) is 43.7 Å². The van der Waals surface area contributed by atoms with Gasteiger partial charge in [0, 0.05) is 37.1 Å². The van der Waals surface area contributed by atoms with Crippen molar-refractivity contribution < 1.29 is 18.0 Å². The summed E-state index contributed by atoms with van der Waals surface area (Å²) in [5, 5.41) is 9.06. The number of hydrogen-bond acceptors (Lipinski definition) is 5. The van der Waals surface area contributed by atoms with Gasteiger partial charge in [0.05, 0.1) is 5.69 Å². The van der Waals surface area contributed by atoms with Crippen LogP contribution in [0.5, 0.6) is 0 Å². The summed E-state index contributed by atoms with van der Waals surface area (Å²) in [6.45, 7) is 5.62. The molecule has 2 aromatic rings. The number of carbonyl (C=O) groups excluding carboxylic acids is 1. The number of aromatic nitrogens is 3. The van der Waals surface area contributed by atoms with E-state index in [4.69, 9.17) is 0 Å². The zero-order valence-electron chi connectivity index (χ0n) is 17.6. The van der Waals surface area contributed by atoms with Crippen molar-refractivity contribution in [2.45, 2.75) is 45.3 Å². The van der Waals surface area contributed by atoms with Gasteiger partial charge in [-0.05, 0) is 38.3 Å². The predicted molar refractivity (Wildman–Crippen MR) is 114 cm³/mol. The number of nitrogens with zero attached hydrogens (tertiary/aromatic N) is 2. The molecular formula is C21H27F3N6O. The molecule has 31 heavy (non-hydrogen) atoms. The van der Waals surface area contributed by atoms with Crippen LogP contribution < -0.4 is 16.0 Å². The number of amides is 1. The zero-order valence-corrected chi connectivity index (χ0v) is 17.6. The van der Waals surface area contributed by atoms with Crippen molar-refractivity contribution in [3.63, 3.8) is 0 Å². The number of terminal acetylenes is 1. The molecule has 2 aromatic heterocycles. The van der Waals surface area contributed by atoms with Crippen LogP contribution in [0.2, 0.25) is 0 Å². The van der Waals surface area contributed by atoms with Gasteiger partial charge in [0.15, 0.2) is 0 Å². The predicted octanol–water partition coefficient (Wildman–Crippen LogP) is 3.35. The lowest BCUT2D eigenvalue weighted by Crippen LogP contribution is -2.38. The fourth-order valence-corrected chi connectivity index (χ4v) is 3.33. The minimum atomic E-state index is -4.62. The zero-order chi connectivity index (χ0) is 23.0. The molecule has 1 unspecified atom stereocenters. The molecular weight excluding hydrogens is 409 g/mol. The van der Waals surface area contributed by atoms with Crippen LogP contribution in [0.15, 0.2) is 12.4 Å². The van der Waals surface area contributed by atoms with Crippen molar-refractivity contribution in [3.05, 3.63) is 29.2 Å². The summed E-state index contributed by atoms with van der Waals surface area (Å²) in [6.07, 6.45) is 8.18. The molecule has 1 amide bonds. The normalized spacial score (nSPS) is 16.2. The molecule has 0 saturated carbocycles. The lowest BCUT2D eigenvalue weighted by Gasteiger charge is -2.24. The molecule has 4 N–H and O–H groups in total. The van der Waals surface area contributed by atoms with Crippen molar-refractivity contribution in [2.75, 3.05) is 25.0 Å². The number of aromatic amines is 1. The molecule has 0 radical (unpaired) electrons. The van der Waals surface area contributed by atoms with Gasteiger partial charge < -0.3 is 20.9 Å². The molecule has 1 aliphatic heterocycles. The second-order valence-corrected chi connectivity index (χ2v) is 7.10. The Morgan fingerprint density at radius 3 is 2.71 bits per heavy atom. The maximum Gasteiger partial charge on any atom is 0.419 e. The summed E-state index contributed by atoms with van der Waals surface area (Å²) in [5.74, 6) is -0.218. The topological polar surface area (TPSA) is 94.7 Å². The minimum absolute atomic E-state index is 0.0519. The summed E-state index contributed by atoms with van der Waals surface area (Å²) < 4.78 is 40.8. The molecule has 1 fully saturated rings. The first kappa shape index (κ1) is 24.2. The number of piperidine rings is 1. The lowest BCUT2D eigenvalue weighted by molar-refractivity contribution is -0.137. The Morgan fingerprint density at radius 2 is 2.10 bits per heavy atom. The Balaban J connectivity index is 0.00000166. The van der Waals surface area contributed by atoms with Crippen LogP contribution in [0.3, 0.4) is 0 Å². The fourth-order valence-electron chi connectivity index (χ4n) is 3.33. The Bertz CT molecular complexity index is 900. The Kier molecular flexibility index (Phi) is 8.45. The van der Waals surface area contributed by atoms with Gasteiger partial charge in [0.1, 0.15) is 11.3 Å². The Labute approximate surface area is 179 Å². The quantitative estimate of drug-likeness (QED) is 0.521. The number of nitrogens with one attached hydrogen (secondary N) is 4. The van der Waals surface area contributed by atoms with Gasteiger partial charge in [-0.25, -0.2) is 9.97 Å². The van der Waals surface area contributed by atoms with Crippen LogP contribution in [0.4, 0.5) is 19.1 Å². The molecule has 0 aliphatic carbocycles. The van der Waals surface area contributed by atoms with Gasteiger partial charge in [-0.15, -0.1) is 12.8 Å². The second kappa shape index (κ2) is 10.8. The first-order chi connectivity index (χ1) is 14.8. The van der Waals surface area contributed by atoms with E-state index in [0.29, 0.717) is 18.7 Å². The molecule has 1 atom stereocenters. The highest BCUT2D eigenvalue weighted by atomic mass is 19.4. The maximum atomic E-state index is 13.6. The average molecular weight is 436 g/mol. The van der Waals surface area contributed by atoms with Gasteiger partial charge in [-0.1, -0.05) is 6.92 Å². The van der Waals surface area contributed by atoms with Gasteiger partial charge in [-0.2, -0.15) is 13.2 Å². The van der Waals surface area contributed by atoms with E-state index < -0.39 is 11.7 Å². The van der Waals surface area contributed by atoms with Crippen molar-refractivity contribution in [2.24, 2.45) is 0 Å². The second-order valence-electron chi connectivity index (χ2n) is 7.10. The number of anilines is 1. The SMILES string of the molecule is C#C.CCCNC(=O)c1[nH]cc(-c2nc(NC3CCCNC3)ncc2C(F)(F)F)c1C. The van der Waals surface area contributed by atoms with E-state index in [-0.39, 0.29) is 34.8 Å². The summed E-state index contributed by atoms with van der Waals surface area (Å²) in [5.41, 5.74) is -0.319. The Morgan fingerprint density at radius 1 is 1.35 bits per heavy atom. The van der Waals surface area contributed by atoms with E-state index in [0.717, 1.165) is 32.0 Å². The van der Waals surface area contributed by atoms with E-state index >= 15 is 0 Å². The standard InChI is InChI=1S/C19H25F3N6O.C2H2/c1-3-6-24-17(29)15-11(2)13(9-25-15)16-14(19(20,21)22)10-26-18(28-16)27-12-5-4-7-23-8-12;1-2/h9-10,12,23,25H,3-8H2,1-2H3,(H,24,29)(H,26,27,28);1-2H. The highest BCUT2D eigenvalue weighted by Gasteiger charge is 2.36. The van der Waals surface area contributed by atoms with Crippen LogP contribution in [-0.2, 0) is 6.18 Å². The summed E-state index contributed by atoms with van der Waals surface area (Å²) >= 11 is 0. The van der Waals surface area contributed by atoms with Crippen LogP contribution in [-0.4, -0.2) is 46.5 Å². The number of halogens is 3. The van der Waals surface area contributed by atoms with Crippen LogP contribution in [0, 0.1) is 19.8 Å². The number of H-pyrrole nitrogens is 1. The summed E-state index contributed by atoms with van der Waals surface area (Å²) in [7, 11) is 0. The van der Waals surface area contributed by atoms with E-state index in [1.54, 1.807) is 6.92 Å². The van der Waals surface area contributed by atoms with Crippen LogP contribution >= 0.6 is 0 Å². The van der Waals surface area contributed by atoms with E-state index in [9.17, 15) is 18.0 Å². The fraction of sp³-hybridized carbons (Fsp3) is 0.476. The van der Waals surface area contributed by atoms with Crippen LogP contribution in [0.25, 0.3) is 11.3 Å². The molecule has 1 aliphatic rings. The molecule has 3 rings (SSSR count). The first-order valence-electron chi connectivity index (χ1n) is 10.0. The third kappa shape index (κ3) is 5.98. The van der Waals surface area contributed by atoms with Crippen molar-refractivity contribution in [1.82, 2.24) is 25.6 Å². The van der Waals surface area contributed by atoms with E-state index in [1.165, 1.54) is 6.20 Å². The molecule has 1 saturated heterocycles. The van der Waals surface area contributed by atoms with Gasteiger partial charge in [0.25, 0.3) is 5.91 Å². The molecule has 168 valence electrons. The third-order valence-electron chi connectivity index (χ3n) is 4.88. The molecule has 10 heteroatoms. The molecule has 0 aromatic carbocycles. The van der Waals surface area contributed by atoms with Crippen LogP contribution in [0.1, 0.15) is 47.8 Å².